The van der Waals surface area contributed by atoms with Crippen molar-refractivity contribution in [1.82, 2.24) is 4.90 Å². The van der Waals surface area contributed by atoms with Crippen LogP contribution in [0.5, 0.6) is 5.75 Å². The first kappa shape index (κ1) is 19.8. The molecule has 0 spiro atoms. The highest BCUT2D eigenvalue weighted by atomic mass is 32.2. The largest absolute Gasteiger partial charge is 0.435 e. The molecule has 1 aliphatic heterocycles. The zero-order valence-electron chi connectivity index (χ0n) is 14.1. The second-order valence-electron chi connectivity index (χ2n) is 6.44. The number of hydrogen-bond donors (Lipinski definition) is 1. The molecule has 1 atom stereocenters. The van der Waals surface area contributed by atoms with Gasteiger partial charge in [-0.2, -0.15) is 8.78 Å². The van der Waals surface area contributed by atoms with E-state index in [-0.39, 0.29) is 23.3 Å². The van der Waals surface area contributed by atoms with Crippen LogP contribution in [-0.2, 0) is 9.84 Å². The molecular weight excluding hydrogens is 370 g/mol. The second-order valence-corrected chi connectivity index (χ2v) is 9.05. The van der Waals surface area contributed by atoms with Crippen LogP contribution in [0.15, 0.2) is 24.3 Å². The molecule has 25 heavy (non-hydrogen) atoms. The Hall–Kier alpha value is -1.48. The van der Waals surface area contributed by atoms with Crippen LogP contribution in [0, 0.1) is 5.92 Å². The van der Waals surface area contributed by atoms with Crippen molar-refractivity contribution in [3.05, 3.63) is 24.3 Å². The molecule has 2 rings (SSSR count). The van der Waals surface area contributed by atoms with Crippen molar-refractivity contribution in [2.24, 2.45) is 5.92 Å². The Balaban J connectivity index is 2.06. The van der Waals surface area contributed by atoms with Gasteiger partial charge < -0.3 is 15.0 Å². The summed E-state index contributed by atoms with van der Waals surface area (Å²) in [5.41, 5.74) is 0.626. The van der Waals surface area contributed by atoms with Crippen LogP contribution in [0.3, 0.4) is 0 Å². The minimum Gasteiger partial charge on any atom is -0.435 e. The standard InChI is InChI=1S/C16H22F2N2O3S2/c1-11(2)9-20(13-7-8-25(21,22)10-13)16(24)19-12-3-5-14(6-4-12)23-15(17)18/h3-6,11,13,15H,7-10H2,1-2H3,(H,19,24)/t13-/m0/s1. The monoisotopic (exact) mass is 392 g/mol. The van der Waals surface area contributed by atoms with Gasteiger partial charge in [-0.15, -0.1) is 0 Å². The summed E-state index contributed by atoms with van der Waals surface area (Å²) in [5, 5.41) is 3.48. The molecule has 1 aromatic carbocycles. The maximum absolute atomic E-state index is 12.2. The lowest BCUT2D eigenvalue weighted by molar-refractivity contribution is -0.0498. The molecule has 5 nitrogen and oxygen atoms in total. The molecule has 0 saturated carbocycles. The van der Waals surface area contributed by atoms with E-state index in [1.54, 1.807) is 12.1 Å². The van der Waals surface area contributed by atoms with Gasteiger partial charge in [-0.3, -0.25) is 0 Å². The molecule has 1 saturated heterocycles. The van der Waals surface area contributed by atoms with E-state index in [9.17, 15) is 17.2 Å². The third-order valence-electron chi connectivity index (χ3n) is 3.80. The summed E-state index contributed by atoms with van der Waals surface area (Å²) < 4.78 is 52.2. The maximum atomic E-state index is 12.2. The van der Waals surface area contributed by atoms with Gasteiger partial charge in [-0.25, -0.2) is 8.42 Å². The molecule has 0 bridgehead atoms. The average Bonchev–Trinajstić information content (AvgIpc) is 2.86. The maximum Gasteiger partial charge on any atom is 0.387 e. The second kappa shape index (κ2) is 8.27. The summed E-state index contributed by atoms with van der Waals surface area (Å²) in [7, 11) is -3.02. The third-order valence-corrected chi connectivity index (χ3v) is 5.89. The number of thiocarbonyl (C=S) groups is 1. The fourth-order valence-electron chi connectivity index (χ4n) is 2.73. The van der Waals surface area contributed by atoms with Crippen molar-refractivity contribution < 1.29 is 21.9 Å². The summed E-state index contributed by atoms with van der Waals surface area (Å²) in [6.07, 6.45) is 0.554. The van der Waals surface area contributed by atoms with Crippen molar-refractivity contribution in [2.75, 3.05) is 23.4 Å². The summed E-state index contributed by atoms with van der Waals surface area (Å²) in [6, 6.07) is 5.87. The summed E-state index contributed by atoms with van der Waals surface area (Å²) in [6.45, 7) is 1.84. The predicted octanol–water partition coefficient (Wildman–Crippen LogP) is 3.13. The first-order chi connectivity index (χ1) is 11.7. The minimum atomic E-state index is -3.02. The fraction of sp³-hybridized carbons (Fsp3) is 0.562. The smallest absolute Gasteiger partial charge is 0.387 e. The predicted molar refractivity (Wildman–Crippen MR) is 97.9 cm³/mol. The molecule has 140 valence electrons. The molecule has 9 heteroatoms. The van der Waals surface area contributed by atoms with Crippen LogP contribution < -0.4 is 10.1 Å². The van der Waals surface area contributed by atoms with E-state index in [1.165, 1.54) is 12.1 Å². The van der Waals surface area contributed by atoms with E-state index in [0.29, 0.717) is 29.7 Å². The Morgan fingerprint density at radius 3 is 2.48 bits per heavy atom. The van der Waals surface area contributed by atoms with Gasteiger partial charge in [0, 0.05) is 18.3 Å². The van der Waals surface area contributed by atoms with Crippen LogP contribution in [-0.4, -0.2) is 49.1 Å². The van der Waals surface area contributed by atoms with Gasteiger partial charge >= 0.3 is 6.61 Å². The van der Waals surface area contributed by atoms with Gasteiger partial charge in [0.2, 0.25) is 0 Å². The highest BCUT2D eigenvalue weighted by Gasteiger charge is 2.33. The van der Waals surface area contributed by atoms with E-state index in [1.807, 2.05) is 18.7 Å². The molecule has 1 N–H and O–H groups in total. The number of hydrogen-bond acceptors (Lipinski definition) is 4. The van der Waals surface area contributed by atoms with Gasteiger partial charge in [-0.05, 0) is 48.8 Å². The number of benzene rings is 1. The number of alkyl halides is 2. The Kier molecular flexibility index (Phi) is 6.56. The van der Waals surface area contributed by atoms with Crippen LogP contribution in [0.2, 0.25) is 0 Å². The molecule has 1 aromatic rings. The molecule has 1 aliphatic rings. The lowest BCUT2D eigenvalue weighted by atomic mass is 10.1. The number of sulfone groups is 1. The Morgan fingerprint density at radius 2 is 2.00 bits per heavy atom. The zero-order valence-corrected chi connectivity index (χ0v) is 15.7. The highest BCUT2D eigenvalue weighted by molar-refractivity contribution is 7.91. The van der Waals surface area contributed by atoms with Crippen molar-refractivity contribution in [3.63, 3.8) is 0 Å². The van der Waals surface area contributed by atoms with Crippen molar-refractivity contribution in [2.45, 2.75) is 32.9 Å². The summed E-state index contributed by atoms with van der Waals surface area (Å²) >= 11 is 5.46. The van der Waals surface area contributed by atoms with E-state index < -0.39 is 16.4 Å². The molecule has 0 aliphatic carbocycles. The fourth-order valence-corrected chi connectivity index (χ4v) is 4.80. The van der Waals surface area contributed by atoms with Crippen LogP contribution in [0.4, 0.5) is 14.5 Å². The van der Waals surface area contributed by atoms with Crippen molar-refractivity contribution in [3.8, 4) is 5.75 Å². The van der Waals surface area contributed by atoms with Crippen molar-refractivity contribution >= 4 is 32.9 Å². The minimum absolute atomic E-state index is 0.0624. The van der Waals surface area contributed by atoms with Crippen LogP contribution >= 0.6 is 12.2 Å². The quantitative estimate of drug-likeness (QED) is 0.751. The van der Waals surface area contributed by atoms with Crippen LogP contribution in [0.1, 0.15) is 20.3 Å². The number of halogens is 2. The normalized spacial score (nSPS) is 19.2. The molecular formula is C16H22F2N2O3S2. The van der Waals surface area contributed by atoms with E-state index in [4.69, 9.17) is 12.2 Å². The van der Waals surface area contributed by atoms with E-state index >= 15 is 0 Å². The SMILES string of the molecule is CC(C)CN(C(=S)Nc1ccc(OC(F)F)cc1)[C@H]1CCS(=O)(=O)C1. The lowest BCUT2D eigenvalue weighted by Crippen LogP contribution is -2.45. The molecule has 0 radical (unpaired) electrons. The van der Waals surface area contributed by atoms with E-state index in [0.717, 1.165) is 0 Å². The number of rotatable bonds is 6. The number of nitrogens with zero attached hydrogens (tertiary/aromatic N) is 1. The lowest BCUT2D eigenvalue weighted by Gasteiger charge is -2.32. The van der Waals surface area contributed by atoms with Gasteiger partial charge in [0.05, 0.1) is 11.5 Å². The topological polar surface area (TPSA) is 58.6 Å². The van der Waals surface area contributed by atoms with Crippen molar-refractivity contribution in [1.29, 1.82) is 0 Å². The van der Waals surface area contributed by atoms with Crippen LogP contribution in [0.25, 0.3) is 0 Å². The first-order valence-electron chi connectivity index (χ1n) is 7.99. The van der Waals surface area contributed by atoms with Gasteiger partial charge in [0.15, 0.2) is 14.9 Å². The third kappa shape index (κ3) is 6.07. The Morgan fingerprint density at radius 1 is 1.36 bits per heavy atom. The summed E-state index contributed by atoms with van der Waals surface area (Å²) in [5.74, 6) is 0.648. The Bertz CT molecular complexity index is 694. The average molecular weight is 392 g/mol. The molecule has 1 heterocycles. The number of nitrogens with one attached hydrogen (secondary N) is 1. The van der Waals surface area contributed by atoms with E-state index in [2.05, 4.69) is 10.1 Å². The summed E-state index contributed by atoms with van der Waals surface area (Å²) in [4.78, 5) is 1.91. The highest BCUT2D eigenvalue weighted by Crippen LogP contribution is 2.22. The number of anilines is 1. The van der Waals surface area contributed by atoms with Gasteiger partial charge in [0.25, 0.3) is 0 Å². The molecule has 0 aromatic heterocycles. The molecule has 1 fully saturated rings. The number of ether oxygens (including phenoxy) is 1. The molecule has 0 unspecified atom stereocenters. The Labute approximate surface area is 152 Å². The van der Waals surface area contributed by atoms with Gasteiger partial charge in [0.1, 0.15) is 5.75 Å². The first-order valence-corrected chi connectivity index (χ1v) is 10.2. The molecule has 0 amide bonds. The zero-order chi connectivity index (χ0) is 18.6. The van der Waals surface area contributed by atoms with Gasteiger partial charge in [-0.1, -0.05) is 13.8 Å².